The molecule has 0 aliphatic heterocycles. The summed E-state index contributed by atoms with van der Waals surface area (Å²) in [7, 11) is 0. The zero-order chi connectivity index (χ0) is 15.7. The lowest BCUT2D eigenvalue weighted by Crippen LogP contribution is -2.32. The molecule has 21 heavy (non-hydrogen) atoms. The third-order valence-electron chi connectivity index (χ3n) is 3.44. The van der Waals surface area contributed by atoms with E-state index in [0.717, 1.165) is 19.3 Å². The molecular formula is C17H25NO3. The van der Waals surface area contributed by atoms with E-state index >= 15 is 0 Å². The summed E-state index contributed by atoms with van der Waals surface area (Å²) < 4.78 is 0. The van der Waals surface area contributed by atoms with Gasteiger partial charge < -0.3 is 10.4 Å². The van der Waals surface area contributed by atoms with Crippen LogP contribution < -0.4 is 5.32 Å². The van der Waals surface area contributed by atoms with E-state index in [4.69, 9.17) is 5.11 Å². The average molecular weight is 291 g/mol. The Bertz CT molecular complexity index is 454. The van der Waals surface area contributed by atoms with Gasteiger partial charge in [-0.2, -0.15) is 0 Å². The molecule has 4 heteroatoms. The van der Waals surface area contributed by atoms with Crippen LogP contribution in [0.5, 0.6) is 0 Å². The van der Waals surface area contributed by atoms with Crippen molar-refractivity contribution in [2.75, 3.05) is 0 Å². The molecule has 0 saturated heterocycles. The highest BCUT2D eigenvalue weighted by Crippen LogP contribution is 2.08. The molecule has 1 rings (SSSR count). The number of rotatable bonds is 9. The number of carbonyl (C=O) groups is 2. The third kappa shape index (κ3) is 8.12. The summed E-state index contributed by atoms with van der Waals surface area (Å²) in [6.07, 6.45) is 3.90. The summed E-state index contributed by atoms with van der Waals surface area (Å²) >= 11 is 0. The molecule has 0 saturated carbocycles. The maximum Gasteiger partial charge on any atom is 0.303 e. The van der Waals surface area contributed by atoms with E-state index in [1.807, 2.05) is 6.92 Å². The largest absolute Gasteiger partial charge is 0.481 e. The molecule has 0 aliphatic rings. The van der Waals surface area contributed by atoms with E-state index in [2.05, 4.69) is 36.5 Å². The summed E-state index contributed by atoms with van der Waals surface area (Å²) in [6.45, 7) is 3.91. The molecule has 1 amide bonds. The van der Waals surface area contributed by atoms with Gasteiger partial charge in [0.05, 0.1) is 0 Å². The van der Waals surface area contributed by atoms with Gasteiger partial charge in [-0.3, -0.25) is 9.59 Å². The molecule has 0 spiro atoms. The first-order valence-corrected chi connectivity index (χ1v) is 7.54. The van der Waals surface area contributed by atoms with E-state index in [-0.39, 0.29) is 18.4 Å². The fourth-order valence-corrected chi connectivity index (χ4v) is 2.13. The second kappa shape index (κ2) is 9.16. The predicted molar refractivity (Wildman–Crippen MR) is 83.2 cm³/mol. The second-order valence-corrected chi connectivity index (χ2v) is 5.59. The first kappa shape index (κ1) is 17.2. The first-order chi connectivity index (χ1) is 9.97. The Labute approximate surface area is 126 Å². The van der Waals surface area contributed by atoms with Crippen molar-refractivity contribution in [3.05, 3.63) is 35.4 Å². The molecule has 0 bridgehead atoms. The molecule has 0 fully saturated rings. The van der Waals surface area contributed by atoms with Gasteiger partial charge in [-0.05, 0) is 45.1 Å². The van der Waals surface area contributed by atoms with Gasteiger partial charge in [-0.15, -0.1) is 0 Å². The third-order valence-corrected chi connectivity index (χ3v) is 3.44. The number of amides is 1. The zero-order valence-corrected chi connectivity index (χ0v) is 12.9. The van der Waals surface area contributed by atoms with Gasteiger partial charge in [-0.25, -0.2) is 0 Å². The number of aliphatic carboxylic acids is 1. The van der Waals surface area contributed by atoms with E-state index in [1.165, 1.54) is 11.1 Å². The Balaban J connectivity index is 2.13. The first-order valence-electron chi connectivity index (χ1n) is 7.54. The Morgan fingerprint density at radius 3 is 2.43 bits per heavy atom. The van der Waals surface area contributed by atoms with Gasteiger partial charge in [-0.1, -0.05) is 29.8 Å². The molecule has 116 valence electrons. The lowest BCUT2D eigenvalue weighted by molar-refractivity contribution is -0.137. The zero-order valence-electron chi connectivity index (χ0n) is 12.9. The highest BCUT2D eigenvalue weighted by molar-refractivity contribution is 5.76. The van der Waals surface area contributed by atoms with Crippen molar-refractivity contribution >= 4 is 11.9 Å². The SMILES string of the molecule is Cc1ccc(CCCCC(=O)NC(C)CCC(=O)O)cc1. The van der Waals surface area contributed by atoms with Crippen LogP contribution in [-0.2, 0) is 16.0 Å². The number of carboxylic acids is 1. The highest BCUT2D eigenvalue weighted by atomic mass is 16.4. The van der Waals surface area contributed by atoms with Crippen molar-refractivity contribution in [1.82, 2.24) is 5.32 Å². The van der Waals surface area contributed by atoms with Gasteiger partial charge in [0.25, 0.3) is 0 Å². The number of hydrogen-bond donors (Lipinski definition) is 2. The fraction of sp³-hybridized carbons (Fsp3) is 0.529. The predicted octanol–water partition coefficient (Wildman–Crippen LogP) is 3.08. The summed E-state index contributed by atoms with van der Waals surface area (Å²) in [5, 5.41) is 11.4. The van der Waals surface area contributed by atoms with Crippen molar-refractivity contribution in [2.24, 2.45) is 0 Å². The van der Waals surface area contributed by atoms with Crippen LogP contribution in [0.1, 0.15) is 50.2 Å². The lowest BCUT2D eigenvalue weighted by Gasteiger charge is -2.12. The average Bonchev–Trinajstić information content (AvgIpc) is 2.43. The van der Waals surface area contributed by atoms with Crippen molar-refractivity contribution in [1.29, 1.82) is 0 Å². The van der Waals surface area contributed by atoms with Crippen LogP contribution in [0, 0.1) is 6.92 Å². The van der Waals surface area contributed by atoms with Gasteiger partial charge in [0.1, 0.15) is 0 Å². The van der Waals surface area contributed by atoms with Crippen LogP contribution in [0.25, 0.3) is 0 Å². The number of carboxylic acid groups (broad SMARTS) is 1. The number of aryl methyl sites for hydroxylation is 2. The lowest BCUT2D eigenvalue weighted by atomic mass is 10.1. The van der Waals surface area contributed by atoms with E-state index in [0.29, 0.717) is 12.8 Å². The fourth-order valence-electron chi connectivity index (χ4n) is 2.13. The topological polar surface area (TPSA) is 66.4 Å². The highest BCUT2D eigenvalue weighted by Gasteiger charge is 2.08. The Morgan fingerprint density at radius 1 is 1.14 bits per heavy atom. The smallest absolute Gasteiger partial charge is 0.303 e. The minimum atomic E-state index is -0.825. The molecule has 4 nitrogen and oxygen atoms in total. The summed E-state index contributed by atoms with van der Waals surface area (Å²) in [5.41, 5.74) is 2.56. The normalized spacial score (nSPS) is 11.9. The molecule has 0 aromatic heterocycles. The van der Waals surface area contributed by atoms with Crippen LogP contribution in [0.3, 0.4) is 0 Å². The van der Waals surface area contributed by atoms with Crippen LogP contribution in [-0.4, -0.2) is 23.0 Å². The van der Waals surface area contributed by atoms with Gasteiger partial charge in [0.15, 0.2) is 0 Å². The number of benzene rings is 1. The van der Waals surface area contributed by atoms with Crippen molar-refractivity contribution in [2.45, 2.75) is 58.4 Å². The molecule has 0 aliphatic carbocycles. The number of nitrogens with one attached hydrogen (secondary N) is 1. The van der Waals surface area contributed by atoms with Gasteiger partial charge in [0.2, 0.25) is 5.91 Å². The van der Waals surface area contributed by atoms with Crippen LogP contribution >= 0.6 is 0 Å². The summed E-state index contributed by atoms with van der Waals surface area (Å²) in [6, 6.07) is 8.39. The molecule has 0 radical (unpaired) electrons. The van der Waals surface area contributed by atoms with Crippen molar-refractivity contribution in [3.63, 3.8) is 0 Å². The van der Waals surface area contributed by atoms with Crippen LogP contribution in [0.2, 0.25) is 0 Å². The summed E-state index contributed by atoms with van der Waals surface area (Å²) in [5.74, 6) is -0.814. The quantitative estimate of drug-likeness (QED) is 0.687. The van der Waals surface area contributed by atoms with E-state index in [1.54, 1.807) is 0 Å². The molecule has 0 heterocycles. The number of carbonyl (C=O) groups excluding carboxylic acids is 1. The minimum Gasteiger partial charge on any atom is -0.481 e. The summed E-state index contributed by atoms with van der Waals surface area (Å²) in [4.78, 5) is 22.1. The minimum absolute atomic E-state index is 0.0109. The molecular weight excluding hydrogens is 266 g/mol. The van der Waals surface area contributed by atoms with E-state index in [9.17, 15) is 9.59 Å². The van der Waals surface area contributed by atoms with Crippen LogP contribution in [0.15, 0.2) is 24.3 Å². The van der Waals surface area contributed by atoms with Crippen molar-refractivity contribution < 1.29 is 14.7 Å². The van der Waals surface area contributed by atoms with Crippen molar-refractivity contribution in [3.8, 4) is 0 Å². The molecule has 2 N–H and O–H groups in total. The molecule has 1 unspecified atom stereocenters. The maximum atomic E-state index is 11.7. The number of unbranched alkanes of at least 4 members (excludes halogenated alkanes) is 1. The number of hydrogen-bond acceptors (Lipinski definition) is 2. The second-order valence-electron chi connectivity index (χ2n) is 5.59. The maximum absolute atomic E-state index is 11.7. The Morgan fingerprint density at radius 2 is 1.81 bits per heavy atom. The van der Waals surface area contributed by atoms with Crippen LogP contribution in [0.4, 0.5) is 0 Å². The monoisotopic (exact) mass is 291 g/mol. The van der Waals surface area contributed by atoms with Gasteiger partial charge in [0, 0.05) is 18.9 Å². The molecule has 1 aromatic rings. The Kier molecular flexibility index (Phi) is 7.51. The van der Waals surface area contributed by atoms with E-state index < -0.39 is 5.97 Å². The Hall–Kier alpha value is -1.84. The molecule has 1 atom stereocenters. The standard InChI is InChI=1S/C17H25NO3/c1-13-7-10-15(11-8-13)5-3-4-6-16(19)18-14(2)9-12-17(20)21/h7-8,10-11,14H,3-6,9,12H2,1-2H3,(H,18,19)(H,20,21). The van der Waals surface area contributed by atoms with Gasteiger partial charge >= 0.3 is 5.97 Å². The molecule has 1 aromatic carbocycles.